The fraction of sp³-hybridized carbons (Fsp3) is 0.211. The van der Waals surface area contributed by atoms with Gasteiger partial charge < -0.3 is 4.74 Å². The van der Waals surface area contributed by atoms with Crippen LogP contribution >= 0.6 is 11.3 Å². The highest BCUT2D eigenvalue weighted by Gasteiger charge is 2.20. The van der Waals surface area contributed by atoms with E-state index in [1.165, 1.54) is 31.7 Å². The first-order valence-corrected chi connectivity index (χ1v) is 8.30. The van der Waals surface area contributed by atoms with Crippen LogP contribution in [0.5, 0.6) is 5.75 Å². The second kappa shape index (κ2) is 5.25. The summed E-state index contributed by atoms with van der Waals surface area (Å²) in [6.07, 6.45) is 0.986. The molecule has 2 heterocycles. The molecular weight excluding hydrogens is 290 g/mol. The topological polar surface area (TPSA) is 21.6 Å². The first kappa shape index (κ1) is 13.5. The molecule has 1 aliphatic heterocycles. The zero-order valence-corrected chi connectivity index (χ0v) is 13.5. The summed E-state index contributed by atoms with van der Waals surface area (Å²) in [5, 5.41) is 1.34. The fourth-order valence-electron chi connectivity index (χ4n) is 3.10. The standard InChI is InChI=1S/C19H17NOS/c1-12-15-5-3-4-6-17(15)22-19(12)18-16-8-7-14(21-2)11-13(16)9-10-20-18/h3-8,11H,9-10H2,1-2H3. The Bertz CT molecular complexity index is 892. The number of benzene rings is 2. The molecule has 1 aliphatic rings. The number of hydrogen-bond acceptors (Lipinski definition) is 3. The van der Waals surface area contributed by atoms with Gasteiger partial charge in [0, 0.05) is 16.8 Å². The summed E-state index contributed by atoms with van der Waals surface area (Å²) in [4.78, 5) is 6.14. The van der Waals surface area contributed by atoms with Crippen molar-refractivity contribution < 1.29 is 4.74 Å². The molecule has 0 bridgehead atoms. The van der Waals surface area contributed by atoms with Gasteiger partial charge in [0.2, 0.25) is 0 Å². The van der Waals surface area contributed by atoms with Gasteiger partial charge in [-0.2, -0.15) is 0 Å². The summed E-state index contributed by atoms with van der Waals surface area (Å²) in [5.41, 5.74) is 5.06. The Labute approximate surface area is 134 Å². The van der Waals surface area contributed by atoms with Gasteiger partial charge in [-0.05, 0) is 54.1 Å². The molecule has 2 nitrogen and oxygen atoms in total. The molecule has 0 saturated heterocycles. The van der Waals surface area contributed by atoms with E-state index in [1.807, 2.05) is 17.4 Å². The van der Waals surface area contributed by atoms with Gasteiger partial charge in [-0.15, -0.1) is 11.3 Å². The average Bonchev–Trinajstić information content (AvgIpc) is 2.91. The summed E-state index contributed by atoms with van der Waals surface area (Å²) in [6.45, 7) is 3.05. The molecule has 3 aromatic rings. The van der Waals surface area contributed by atoms with E-state index in [9.17, 15) is 0 Å². The lowest BCUT2D eigenvalue weighted by Crippen LogP contribution is -2.14. The Hall–Kier alpha value is -2.13. The van der Waals surface area contributed by atoms with Crippen molar-refractivity contribution in [2.45, 2.75) is 13.3 Å². The molecule has 2 aromatic carbocycles. The predicted octanol–water partition coefficient (Wildman–Crippen LogP) is 4.61. The largest absolute Gasteiger partial charge is 0.497 e. The van der Waals surface area contributed by atoms with Crippen molar-refractivity contribution in [3.63, 3.8) is 0 Å². The van der Waals surface area contributed by atoms with Crippen LogP contribution in [0.2, 0.25) is 0 Å². The van der Waals surface area contributed by atoms with Crippen LogP contribution in [0.15, 0.2) is 47.5 Å². The van der Waals surface area contributed by atoms with E-state index in [-0.39, 0.29) is 0 Å². The molecule has 22 heavy (non-hydrogen) atoms. The SMILES string of the molecule is COc1ccc2c(c1)CCN=C2c1sc2ccccc2c1C. The first-order chi connectivity index (χ1) is 10.8. The summed E-state index contributed by atoms with van der Waals surface area (Å²) in [7, 11) is 1.72. The van der Waals surface area contributed by atoms with Gasteiger partial charge in [0.05, 0.1) is 17.7 Å². The zero-order chi connectivity index (χ0) is 15.1. The fourth-order valence-corrected chi connectivity index (χ4v) is 4.33. The molecule has 0 atom stereocenters. The highest BCUT2D eigenvalue weighted by Crippen LogP contribution is 2.34. The Kier molecular flexibility index (Phi) is 3.23. The number of ether oxygens (including phenoxy) is 1. The second-order valence-electron chi connectivity index (χ2n) is 5.56. The van der Waals surface area contributed by atoms with Crippen LogP contribution in [0.3, 0.4) is 0 Å². The molecule has 0 saturated carbocycles. The minimum atomic E-state index is 0.850. The van der Waals surface area contributed by atoms with Gasteiger partial charge in [0.1, 0.15) is 5.75 Å². The molecule has 4 rings (SSSR count). The Balaban J connectivity index is 1.89. The second-order valence-corrected chi connectivity index (χ2v) is 6.61. The quantitative estimate of drug-likeness (QED) is 0.677. The van der Waals surface area contributed by atoms with E-state index in [0.717, 1.165) is 24.4 Å². The van der Waals surface area contributed by atoms with Crippen LogP contribution in [0.25, 0.3) is 10.1 Å². The molecule has 0 amide bonds. The molecule has 0 aliphatic carbocycles. The molecule has 3 heteroatoms. The Morgan fingerprint density at radius 2 is 2.00 bits per heavy atom. The van der Waals surface area contributed by atoms with Crippen LogP contribution in [0.4, 0.5) is 0 Å². The van der Waals surface area contributed by atoms with Gasteiger partial charge >= 0.3 is 0 Å². The summed E-state index contributed by atoms with van der Waals surface area (Å²) in [6, 6.07) is 14.9. The monoisotopic (exact) mass is 307 g/mol. The maximum atomic E-state index is 5.36. The van der Waals surface area contributed by atoms with Crippen molar-refractivity contribution in [3.05, 3.63) is 64.0 Å². The maximum absolute atomic E-state index is 5.36. The Morgan fingerprint density at radius 1 is 1.14 bits per heavy atom. The molecular formula is C19H17NOS. The van der Waals surface area contributed by atoms with Crippen LogP contribution < -0.4 is 4.74 Å². The van der Waals surface area contributed by atoms with Gasteiger partial charge in [-0.25, -0.2) is 0 Å². The lowest BCUT2D eigenvalue weighted by Gasteiger charge is -2.17. The lowest BCUT2D eigenvalue weighted by molar-refractivity contribution is 0.414. The van der Waals surface area contributed by atoms with Crippen molar-refractivity contribution in [2.75, 3.05) is 13.7 Å². The van der Waals surface area contributed by atoms with Crippen molar-refractivity contribution in [1.29, 1.82) is 0 Å². The van der Waals surface area contributed by atoms with Crippen LogP contribution in [-0.2, 0) is 6.42 Å². The zero-order valence-electron chi connectivity index (χ0n) is 12.7. The number of hydrogen-bond donors (Lipinski definition) is 0. The molecule has 0 fully saturated rings. The lowest BCUT2D eigenvalue weighted by atomic mass is 9.95. The molecule has 0 radical (unpaired) electrons. The minimum Gasteiger partial charge on any atom is -0.497 e. The smallest absolute Gasteiger partial charge is 0.119 e. The third kappa shape index (κ3) is 2.04. The van der Waals surface area contributed by atoms with Crippen molar-refractivity contribution in [3.8, 4) is 5.75 Å². The summed E-state index contributed by atoms with van der Waals surface area (Å²) in [5.74, 6) is 0.924. The van der Waals surface area contributed by atoms with E-state index in [0.29, 0.717) is 0 Å². The van der Waals surface area contributed by atoms with Crippen molar-refractivity contribution in [1.82, 2.24) is 0 Å². The van der Waals surface area contributed by atoms with Crippen LogP contribution in [-0.4, -0.2) is 19.4 Å². The number of aliphatic imine (C=N–C) groups is 1. The first-order valence-electron chi connectivity index (χ1n) is 7.48. The number of methoxy groups -OCH3 is 1. The number of aryl methyl sites for hydroxylation is 1. The Morgan fingerprint density at radius 3 is 2.82 bits per heavy atom. The van der Waals surface area contributed by atoms with Gasteiger partial charge in [0.25, 0.3) is 0 Å². The maximum Gasteiger partial charge on any atom is 0.119 e. The highest BCUT2D eigenvalue weighted by molar-refractivity contribution is 7.21. The molecule has 0 spiro atoms. The van der Waals surface area contributed by atoms with Crippen LogP contribution in [0, 0.1) is 6.92 Å². The van der Waals surface area contributed by atoms with Gasteiger partial charge in [-0.1, -0.05) is 18.2 Å². The summed E-state index contributed by atoms with van der Waals surface area (Å²) >= 11 is 1.84. The summed E-state index contributed by atoms with van der Waals surface area (Å²) < 4.78 is 6.69. The minimum absolute atomic E-state index is 0.850. The third-order valence-corrected chi connectivity index (χ3v) is 5.56. The number of nitrogens with zero attached hydrogens (tertiary/aromatic N) is 1. The normalized spacial score (nSPS) is 13.8. The molecule has 0 N–H and O–H groups in total. The predicted molar refractivity (Wildman–Crippen MR) is 93.8 cm³/mol. The van der Waals surface area contributed by atoms with E-state index in [1.54, 1.807) is 7.11 Å². The van der Waals surface area contributed by atoms with E-state index in [2.05, 4.69) is 43.3 Å². The van der Waals surface area contributed by atoms with E-state index < -0.39 is 0 Å². The number of rotatable bonds is 2. The van der Waals surface area contributed by atoms with Gasteiger partial charge in [0.15, 0.2) is 0 Å². The van der Waals surface area contributed by atoms with Crippen molar-refractivity contribution >= 4 is 27.1 Å². The van der Waals surface area contributed by atoms with Gasteiger partial charge in [-0.3, -0.25) is 4.99 Å². The third-order valence-electron chi connectivity index (χ3n) is 4.28. The van der Waals surface area contributed by atoms with Crippen molar-refractivity contribution in [2.24, 2.45) is 4.99 Å². The van der Waals surface area contributed by atoms with E-state index in [4.69, 9.17) is 9.73 Å². The number of fused-ring (bicyclic) bond motifs is 2. The molecule has 1 aromatic heterocycles. The van der Waals surface area contributed by atoms with Crippen LogP contribution in [0.1, 0.15) is 21.6 Å². The average molecular weight is 307 g/mol. The highest BCUT2D eigenvalue weighted by atomic mass is 32.1. The molecule has 110 valence electrons. The molecule has 0 unspecified atom stereocenters. The number of thiophene rings is 1. The van der Waals surface area contributed by atoms with E-state index >= 15 is 0 Å².